The number of anilines is 1. The summed E-state index contributed by atoms with van der Waals surface area (Å²) in [6.45, 7) is 4.93. The van der Waals surface area contributed by atoms with Gasteiger partial charge < -0.3 is 15.0 Å². The summed E-state index contributed by atoms with van der Waals surface area (Å²) < 4.78 is 49.3. The molecule has 1 atom stereocenters. The maximum Gasteiger partial charge on any atom is 0.264 e. The van der Waals surface area contributed by atoms with Crippen LogP contribution in [0.2, 0.25) is 0 Å². The highest BCUT2D eigenvalue weighted by Gasteiger charge is 2.33. The molecule has 0 heterocycles. The van der Waals surface area contributed by atoms with Crippen molar-refractivity contribution in [3.05, 3.63) is 89.7 Å². The molecular weight excluding hydrogens is 569 g/mol. The predicted octanol–water partition coefficient (Wildman–Crippen LogP) is 5.59. The predicted molar refractivity (Wildman–Crippen MR) is 165 cm³/mol. The summed E-state index contributed by atoms with van der Waals surface area (Å²) in [6.07, 6.45) is 4.88. The van der Waals surface area contributed by atoms with Crippen LogP contribution < -0.4 is 14.4 Å². The number of halogens is 1. The minimum Gasteiger partial charge on any atom is -0.494 e. The second-order valence-electron chi connectivity index (χ2n) is 10.9. The second-order valence-corrected chi connectivity index (χ2v) is 12.7. The summed E-state index contributed by atoms with van der Waals surface area (Å²) in [6, 6.07) is 17.9. The molecule has 1 fully saturated rings. The fraction of sp³-hybridized carbons (Fsp3) is 0.394. The van der Waals surface area contributed by atoms with Gasteiger partial charge in [-0.1, -0.05) is 55.2 Å². The van der Waals surface area contributed by atoms with Crippen molar-refractivity contribution in [3.8, 4) is 5.75 Å². The van der Waals surface area contributed by atoms with Gasteiger partial charge in [-0.15, -0.1) is 0 Å². The molecule has 8 nitrogen and oxygen atoms in total. The third-order valence-corrected chi connectivity index (χ3v) is 9.53. The van der Waals surface area contributed by atoms with Crippen molar-refractivity contribution >= 4 is 27.5 Å². The third-order valence-electron chi connectivity index (χ3n) is 7.74. The summed E-state index contributed by atoms with van der Waals surface area (Å²) >= 11 is 0. The molecule has 1 N–H and O–H groups in total. The number of amides is 2. The third kappa shape index (κ3) is 8.13. The van der Waals surface area contributed by atoms with Crippen molar-refractivity contribution in [2.45, 2.75) is 76.4 Å². The molecule has 1 aliphatic rings. The summed E-state index contributed by atoms with van der Waals surface area (Å²) in [4.78, 5) is 28.7. The highest BCUT2D eigenvalue weighted by Crippen LogP contribution is 2.27. The number of nitrogens with one attached hydrogen (secondary N) is 1. The second kappa shape index (κ2) is 14.5. The first-order valence-corrected chi connectivity index (χ1v) is 16.2. The average Bonchev–Trinajstić information content (AvgIpc) is 3.00. The van der Waals surface area contributed by atoms with E-state index in [2.05, 4.69) is 5.32 Å². The number of aryl methyl sites for hydroxylation is 1. The van der Waals surface area contributed by atoms with Crippen molar-refractivity contribution in [1.82, 2.24) is 10.2 Å². The van der Waals surface area contributed by atoms with E-state index in [1.54, 1.807) is 61.5 Å². The Morgan fingerprint density at radius 3 is 2.26 bits per heavy atom. The largest absolute Gasteiger partial charge is 0.494 e. The first-order chi connectivity index (χ1) is 20.6. The highest BCUT2D eigenvalue weighted by molar-refractivity contribution is 7.92. The zero-order valence-corrected chi connectivity index (χ0v) is 25.8. The summed E-state index contributed by atoms with van der Waals surface area (Å²) in [7, 11) is -4.20. The first kappa shape index (κ1) is 32.0. The van der Waals surface area contributed by atoms with Gasteiger partial charge in [0, 0.05) is 18.2 Å². The molecule has 0 radical (unpaired) electrons. The Bertz CT molecular complexity index is 1490. The highest BCUT2D eigenvalue weighted by atomic mass is 32.2. The molecule has 230 valence electrons. The van der Waals surface area contributed by atoms with Crippen LogP contribution >= 0.6 is 0 Å². The standard InChI is InChI=1S/C33H40FN3O5S/c1-4-42-29-18-16-28(17-19-29)37(43(40,41)30-20-14-24(2)15-21-30)23-32(38)36(22-26-10-8-9-13-31(26)34)25(3)33(39)35-27-11-6-5-7-12-27/h8-10,13-21,25,27H,4-7,11-12,22-23H2,1-3H3,(H,35,39). The van der Waals surface area contributed by atoms with E-state index in [-0.39, 0.29) is 34.6 Å². The number of benzene rings is 3. The Balaban J connectivity index is 1.68. The van der Waals surface area contributed by atoms with Gasteiger partial charge in [0.2, 0.25) is 11.8 Å². The van der Waals surface area contributed by atoms with Gasteiger partial charge in [0.25, 0.3) is 10.0 Å². The summed E-state index contributed by atoms with van der Waals surface area (Å²) in [5, 5.41) is 3.05. The van der Waals surface area contributed by atoms with Gasteiger partial charge in [0.1, 0.15) is 24.2 Å². The van der Waals surface area contributed by atoms with Crippen molar-refractivity contribution in [3.63, 3.8) is 0 Å². The molecule has 2 amide bonds. The van der Waals surface area contributed by atoms with Crippen LogP contribution in [-0.4, -0.2) is 50.4 Å². The molecule has 4 rings (SSSR count). The first-order valence-electron chi connectivity index (χ1n) is 14.8. The number of hydrogen-bond donors (Lipinski definition) is 1. The van der Waals surface area contributed by atoms with Crippen LogP contribution in [-0.2, 0) is 26.2 Å². The number of sulfonamides is 1. The molecule has 3 aromatic rings. The van der Waals surface area contributed by atoms with Gasteiger partial charge in [-0.3, -0.25) is 13.9 Å². The Labute approximate surface area is 253 Å². The van der Waals surface area contributed by atoms with Gasteiger partial charge in [-0.25, -0.2) is 12.8 Å². The molecule has 0 bridgehead atoms. The van der Waals surface area contributed by atoms with E-state index in [1.807, 2.05) is 13.8 Å². The number of carbonyl (C=O) groups is 2. The number of nitrogens with zero attached hydrogens (tertiary/aromatic N) is 2. The van der Waals surface area contributed by atoms with Gasteiger partial charge in [0.15, 0.2) is 0 Å². The molecule has 1 aliphatic carbocycles. The van der Waals surface area contributed by atoms with Crippen LogP contribution in [0.25, 0.3) is 0 Å². The zero-order chi connectivity index (χ0) is 31.0. The molecule has 0 spiro atoms. The van der Waals surface area contributed by atoms with Crippen LogP contribution in [0, 0.1) is 12.7 Å². The molecule has 0 saturated heterocycles. The summed E-state index contributed by atoms with van der Waals surface area (Å²) in [5.74, 6) is -0.958. The monoisotopic (exact) mass is 609 g/mol. The van der Waals surface area contributed by atoms with Crippen molar-refractivity contribution in [2.75, 3.05) is 17.5 Å². The van der Waals surface area contributed by atoms with E-state index in [4.69, 9.17) is 4.74 Å². The smallest absolute Gasteiger partial charge is 0.264 e. The molecule has 0 aliphatic heterocycles. The van der Waals surface area contributed by atoms with Gasteiger partial charge in [0.05, 0.1) is 17.2 Å². The van der Waals surface area contributed by atoms with E-state index < -0.39 is 34.3 Å². The van der Waals surface area contributed by atoms with Crippen LogP contribution in [0.1, 0.15) is 57.1 Å². The summed E-state index contributed by atoms with van der Waals surface area (Å²) in [5.41, 5.74) is 1.36. The lowest BCUT2D eigenvalue weighted by atomic mass is 9.95. The molecule has 10 heteroatoms. The van der Waals surface area contributed by atoms with E-state index >= 15 is 0 Å². The lowest BCUT2D eigenvalue weighted by Gasteiger charge is -2.33. The molecule has 1 unspecified atom stereocenters. The van der Waals surface area contributed by atoms with Crippen LogP contribution in [0.3, 0.4) is 0 Å². The number of rotatable bonds is 12. The topological polar surface area (TPSA) is 96.0 Å². The molecule has 1 saturated carbocycles. The molecule has 0 aromatic heterocycles. The zero-order valence-electron chi connectivity index (χ0n) is 25.0. The SMILES string of the molecule is CCOc1ccc(N(CC(=O)N(Cc2ccccc2F)C(C)C(=O)NC2CCCCC2)S(=O)(=O)c2ccc(C)cc2)cc1. The maximum atomic E-state index is 14.8. The van der Waals surface area contributed by atoms with Crippen LogP contribution in [0.15, 0.2) is 77.7 Å². The Kier molecular flexibility index (Phi) is 10.8. The van der Waals surface area contributed by atoms with E-state index in [9.17, 15) is 22.4 Å². The fourth-order valence-corrected chi connectivity index (χ4v) is 6.62. The van der Waals surface area contributed by atoms with Crippen LogP contribution in [0.5, 0.6) is 5.75 Å². The van der Waals surface area contributed by atoms with E-state index in [0.717, 1.165) is 42.0 Å². The fourth-order valence-electron chi connectivity index (χ4n) is 5.20. The van der Waals surface area contributed by atoms with E-state index in [1.165, 1.54) is 23.1 Å². The minimum absolute atomic E-state index is 0.0105. The van der Waals surface area contributed by atoms with Crippen molar-refractivity contribution in [1.29, 1.82) is 0 Å². The van der Waals surface area contributed by atoms with Crippen molar-refractivity contribution in [2.24, 2.45) is 0 Å². The number of hydrogen-bond acceptors (Lipinski definition) is 5. The Morgan fingerprint density at radius 2 is 1.63 bits per heavy atom. The number of carbonyl (C=O) groups excluding carboxylic acids is 2. The maximum absolute atomic E-state index is 14.8. The number of ether oxygens (including phenoxy) is 1. The lowest BCUT2D eigenvalue weighted by Crippen LogP contribution is -2.53. The van der Waals surface area contributed by atoms with Gasteiger partial charge in [-0.2, -0.15) is 0 Å². The Morgan fingerprint density at radius 1 is 0.977 bits per heavy atom. The average molecular weight is 610 g/mol. The normalized spacial score (nSPS) is 14.5. The quantitative estimate of drug-likeness (QED) is 0.289. The van der Waals surface area contributed by atoms with Crippen LogP contribution in [0.4, 0.5) is 10.1 Å². The molecule has 3 aromatic carbocycles. The van der Waals surface area contributed by atoms with Crippen molar-refractivity contribution < 1.29 is 27.1 Å². The van der Waals surface area contributed by atoms with Gasteiger partial charge >= 0.3 is 0 Å². The van der Waals surface area contributed by atoms with E-state index in [0.29, 0.717) is 12.4 Å². The lowest BCUT2D eigenvalue weighted by molar-refractivity contribution is -0.139. The van der Waals surface area contributed by atoms with Gasteiger partial charge in [-0.05, 0) is 76.1 Å². The molecule has 43 heavy (non-hydrogen) atoms. The Hall–Kier alpha value is -3.92. The molecular formula is C33H40FN3O5S. The minimum atomic E-state index is -4.20.